The molecule has 1 saturated heterocycles. The van der Waals surface area contributed by atoms with Crippen molar-refractivity contribution in [1.82, 2.24) is 19.1 Å². The first-order valence-corrected chi connectivity index (χ1v) is 14.1. The Morgan fingerprint density at radius 3 is 2.40 bits per heavy atom. The van der Waals surface area contributed by atoms with Crippen LogP contribution >= 0.6 is 35.0 Å². The number of aromatic nitrogens is 4. The smallest absolute Gasteiger partial charge is 0.291 e. The average Bonchev–Trinajstić information content (AvgIpc) is 3.68. The summed E-state index contributed by atoms with van der Waals surface area (Å²) < 4.78 is 22.7. The molecule has 0 radical (unpaired) electrons. The highest BCUT2D eigenvalue weighted by Gasteiger charge is 2.45. The van der Waals surface area contributed by atoms with Gasteiger partial charge in [0.25, 0.3) is 10.2 Å². The number of hydrogen-bond donors (Lipinski definition) is 2. The van der Waals surface area contributed by atoms with E-state index in [-0.39, 0.29) is 6.10 Å². The quantitative estimate of drug-likeness (QED) is 0.147. The zero-order valence-electron chi connectivity index (χ0n) is 22.6. The van der Waals surface area contributed by atoms with E-state index in [4.69, 9.17) is 68.1 Å². The number of hydrogen-bond acceptors (Lipinski definition) is 10. The van der Waals surface area contributed by atoms with Gasteiger partial charge in [0, 0.05) is 35.6 Å². The monoisotopic (exact) mass is 656 g/mol. The summed E-state index contributed by atoms with van der Waals surface area (Å²) in [6, 6.07) is 13.3. The summed E-state index contributed by atoms with van der Waals surface area (Å²) in [7, 11) is 2.01. The highest BCUT2D eigenvalue weighted by Crippen LogP contribution is 2.40. The lowest BCUT2D eigenvalue weighted by atomic mass is 10.1. The van der Waals surface area contributed by atoms with E-state index in [2.05, 4.69) is 14.5 Å². The van der Waals surface area contributed by atoms with Crippen molar-refractivity contribution in [2.45, 2.75) is 23.6 Å². The molecule has 2 aromatic carbocycles. The molecule has 5 rings (SSSR count). The molecule has 0 aliphatic carbocycles. The van der Waals surface area contributed by atoms with Crippen molar-refractivity contribution in [2.75, 3.05) is 19.5 Å². The van der Waals surface area contributed by atoms with Crippen LogP contribution in [0.4, 0.5) is 0 Å². The minimum Gasteiger partial charge on any atom is -0.491 e. The molecule has 230 valence electrons. The van der Waals surface area contributed by atoms with E-state index >= 15 is 0 Å². The third-order valence-electron chi connectivity index (χ3n) is 5.86. The van der Waals surface area contributed by atoms with Gasteiger partial charge in [0.15, 0.2) is 5.16 Å². The first kappa shape index (κ1) is 33.4. The second-order valence-electron chi connectivity index (χ2n) is 8.66. The third kappa shape index (κ3) is 9.45. The van der Waals surface area contributed by atoms with E-state index in [1.165, 1.54) is 0 Å². The van der Waals surface area contributed by atoms with Crippen LogP contribution in [0.15, 0.2) is 72.5 Å². The maximum Gasteiger partial charge on any atom is 0.291 e. The van der Waals surface area contributed by atoms with Crippen LogP contribution in [-0.2, 0) is 28.9 Å². The molecule has 0 spiro atoms. The molecule has 1 aliphatic rings. The molecular weight excluding hydrogens is 631 g/mol. The van der Waals surface area contributed by atoms with Gasteiger partial charge in [0.2, 0.25) is 5.79 Å². The van der Waals surface area contributed by atoms with Crippen molar-refractivity contribution in [1.29, 1.82) is 0 Å². The summed E-state index contributed by atoms with van der Waals surface area (Å²) in [5.41, 5.74) is 2.84. The highest BCUT2D eigenvalue weighted by atomic mass is 35.5. The van der Waals surface area contributed by atoms with Gasteiger partial charge in [-0.05, 0) is 42.7 Å². The topological polar surface area (TPSA) is 190 Å². The average molecular weight is 657 g/mol. The van der Waals surface area contributed by atoms with Crippen molar-refractivity contribution >= 4 is 35.0 Å². The number of thioether (sulfide) groups is 1. The molecule has 18 heteroatoms. The summed E-state index contributed by atoms with van der Waals surface area (Å²) in [6.07, 6.45) is 8.90. The Labute approximate surface area is 258 Å². The van der Waals surface area contributed by atoms with E-state index in [0.717, 1.165) is 22.2 Å². The fraction of sp³-hybridized carbons (Fsp3) is 0.280. The molecule has 0 amide bonds. The molecule has 2 N–H and O–H groups in total. The SMILES string of the molecule is CSc1ncc(-c2ccc(OC[C@@H]3CO[C@@](Cn4ccnc4)(c4ccc(Cl)cc4Cl)O3)cc2)n1C.O=[N+]([O-])O.O=[N+]([O-])O. The first-order valence-electron chi connectivity index (χ1n) is 12.1. The van der Waals surface area contributed by atoms with E-state index in [1.54, 1.807) is 36.4 Å². The number of nitrogens with zero attached hydrogens (tertiary/aromatic N) is 6. The van der Waals surface area contributed by atoms with Crippen molar-refractivity contribution in [3.8, 4) is 17.0 Å². The summed E-state index contributed by atoms with van der Waals surface area (Å²) >= 11 is 14.3. The first-order chi connectivity index (χ1) is 20.4. The summed E-state index contributed by atoms with van der Waals surface area (Å²) in [5.74, 6) is -0.323. The van der Waals surface area contributed by atoms with Gasteiger partial charge in [-0.15, -0.1) is 20.2 Å². The minimum atomic E-state index is -1.50. The zero-order chi connectivity index (χ0) is 31.6. The van der Waals surface area contributed by atoms with Crippen LogP contribution in [0.1, 0.15) is 5.56 Å². The van der Waals surface area contributed by atoms with Crippen LogP contribution in [0.2, 0.25) is 10.0 Å². The molecule has 2 aromatic heterocycles. The molecule has 2 atom stereocenters. The Morgan fingerprint density at radius 1 is 1.16 bits per heavy atom. The molecular formula is C25H26Cl2N6O9S. The molecule has 3 heterocycles. The fourth-order valence-electron chi connectivity index (χ4n) is 4.14. The standard InChI is InChI=1S/C25H24Cl2N4O3S.2HNO3/c1-30-23(12-29-24(30)35-2)17-3-6-19(7-4-17)32-13-20-14-33-25(34-20,15-31-10-9-28-16-31)21-8-5-18(26)11-22(21)27;2*2-1(3)4/h3-12,16,20H,13-15H2,1-2H3;2*(H,2,3,4)/t20-,25-;;/m1../s1. The van der Waals surface area contributed by atoms with Crippen molar-refractivity contribution < 1.29 is 34.8 Å². The molecule has 4 aromatic rings. The zero-order valence-corrected chi connectivity index (χ0v) is 25.0. The summed E-state index contributed by atoms with van der Waals surface area (Å²) in [5, 5.41) is 29.3. The number of rotatable bonds is 8. The number of imidazole rings is 2. The lowest BCUT2D eigenvalue weighted by molar-refractivity contribution is -0.742. The van der Waals surface area contributed by atoms with Crippen LogP contribution in [0.5, 0.6) is 5.75 Å². The lowest BCUT2D eigenvalue weighted by Gasteiger charge is -2.30. The second-order valence-corrected chi connectivity index (χ2v) is 10.3. The number of halogens is 2. The van der Waals surface area contributed by atoms with Gasteiger partial charge >= 0.3 is 0 Å². The van der Waals surface area contributed by atoms with E-state index < -0.39 is 16.0 Å². The van der Waals surface area contributed by atoms with Crippen LogP contribution in [0.25, 0.3) is 11.3 Å². The fourth-order valence-corrected chi connectivity index (χ4v) is 5.22. The van der Waals surface area contributed by atoms with Gasteiger partial charge in [0.05, 0.1) is 36.4 Å². The summed E-state index contributed by atoms with van der Waals surface area (Å²) in [4.78, 5) is 25.3. The van der Waals surface area contributed by atoms with Crippen molar-refractivity contribution in [3.05, 3.63) is 103 Å². The lowest BCUT2D eigenvalue weighted by Crippen LogP contribution is -2.34. The minimum absolute atomic E-state index is 0.286. The van der Waals surface area contributed by atoms with Gasteiger partial charge < -0.3 is 33.8 Å². The Morgan fingerprint density at radius 2 is 1.84 bits per heavy atom. The van der Waals surface area contributed by atoms with Crippen LogP contribution < -0.4 is 4.74 Å². The molecule has 0 unspecified atom stereocenters. The number of benzene rings is 2. The second kappa shape index (κ2) is 15.4. The molecule has 1 aliphatic heterocycles. The maximum atomic E-state index is 8.36. The molecule has 1 fully saturated rings. The Kier molecular flexibility index (Phi) is 12.0. The van der Waals surface area contributed by atoms with Crippen molar-refractivity contribution in [2.24, 2.45) is 7.05 Å². The van der Waals surface area contributed by atoms with Crippen LogP contribution in [0, 0.1) is 20.2 Å². The van der Waals surface area contributed by atoms with E-state index in [1.807, 2.05) is 60.6 Å². The van der Waals surface area contributed by atoms with Gasteiger partial charge in [0.1, 0.15) is 18.5 Å². The maximum absolute atomic E-state index is 8.36. The highest BCUT2D eigenvalue weighted by molar-refractivity contribution is 7.98. The predicted molar refractivity (Wildman–Crippen MR) is 155 cm³/mol. The van der Waals surface area contributed by atoms with E-state index in [9.17, 15) is 0 Å². The Balaban J connectivity index is 0.000000566. The predicted octanol–water partition coefficient (Wildman–Crippen LogP) is 4.96. The van der Waals surface area contributed by atoms with Gasteiger partial charge in [-0.3, -0.25) is 0 Å². The third-order valence-corrected chi connectivity index (χ3v) is 7.16. The van der Waals surface area contributed by atoms with Crippen molar-refractivity contribution in [3.63, 3.8) is 0 Å². The Hall–Kier alpha value is -4.09. The molecule has 15 nitrogen and oxygen atoms in total. The van der Waals surface area contributed by atoms with Gasteiger partial charge in [-0.1, -0.05) is 41.0 Å². The summed E-state index contributed by atoms with van der Waals surface area (Å²) in [6.45, 7) is 1.08. The van der Waals surface area contributed by atoms with Crippen LogP contribution in [0.3, 0.4) is 0 Å². The number of ether oxygens (including phenoxy) is 3. The van der Waals surface area contributed by atoms with Crippen LogP contribution in [-0.4, -0.2) is 65.3 Å². The van der Waals surface area contributed by atoms with Gasteiger partial charge in [-0.25, -0.2) is 9.97 Å². The molecule has 43 heavy (non-hydrogen) atoms. The largest absolute Gasteiger partial charge is 0.491 e. The Bertz CT molecular complexity index is 1490. The molecule has 0 bridgehead atoms. The molecule has 0 saturated carbocycles. The van der Waals surface area contributed by atoms with E-state index in [0.29, 0.717) is 35.4 Å². The van der Waals surface area contributed by atoms with Gasteiger partial charge in [-0.2, -0.15) is 0 Å². The normalized spacial score (nSPS) is 17.3.